The van der Waals surface area contributed by atoms with Crippen LogP contribution < -0.4 is 15.4 Å². The summed E-state index contributed by atoms with van der Waals surface area (Å²) < 4.78 is 6.94. The molecule has 1 aliphatic heterocycles. The van der Waals surface area contributed by atoms with E-state index in [-0.39, 0.29) is 11.5 Å². The van der Waals surface area contributed by atoms with Crippen LogP contribution in [0.1, 0.15) is 18.5 Å². The normalized spacial score (nSPS) is 14.5. The van der Waals surface area contributed by atoms with Crippen molar-refractivity contribution in [1.29, 1.82) is 0 Å². The van der Waals surface area contributed by atoms with Crippen LogP contribution >= 0.6 is 23.2 Å². The second-order valence-electron chi connectivity index (χ2n) is 8.41. The first-order valence-corrected chi connectivity index (χ1v) is 12.1. The Kier molecular flexibility index (Phi) is 6.75. The number of ether oxygens (including phenoxy) is 1. The van der Waals surface area contributed by atoms with Crippen LogP contribution in [0.4, 0.5) is 17.3 Å². The highest BCUT2D eigenvalue weighted by Crippen LogP contribution is 2.39. The average molecular weight is 551 g/mol. The van der Waals surface area contributed by atoms with Gasteiger partial charge in [0.1, 0.15) is 11.8 Å². The second-order valence-corrected chi connectivity index (χ2v) is 9.22. The second kappa shape index (κ2) is 10.2. The number of non-ortho nitro benzene ring substituents is 1. The van der Waals surface area contributed by atoms with Crippen molar-refractivity contribution in [2.45, 2.75) is 13.0 Å². The summed E-state index contributed by atoms with van der Waals surface area (Å²) in [6.07, 6.45) is 0. The molecule has 192 valence electrons. The minimum Gasteiger partial charge on any atom is -0.495 e. The van der Waals surface area contributed by atoms with E-state index < -0.39 is 16.9 Å². The molecule has 1 aliphatic rings. The summed E-state index contributed by atoms with van der Waals surface area (Å²) >= 11 is 12.5. The van der Waals surface area contributed by atoms with Gasteiger partial charge >= 0.3 is 0 Å². The van der Waals surface area contributed by atoms with Crippen LogP contribution in [0.3, 0.4) is 0 Å². The van der Waals surface area contributed by atoms with Crippen molar-refractivity contribution in [2.24, 2.45) is 0 Å². The first kappa shape index (κ1) is 25.2. The van der Waals surface area contributed by atoms with Crippen LogP contribution in [0, 0.1) is 10.1 Å². The quantitative estimate of drug-likeness (QED) is 0.219. The van der Waals surface area contributed by atoms with Crippen LogP contribution in [0.15, 0.2) is 78.0 Å². The largest absolute Gasteiger partial charge is 0.495 e. The van der Waals surface area contributed by atoms with Gasteiger partial charge in [-0.25, -0.2) is 4.68 Å². The molecule has 1 unspecified atom stereocenters. The molecule has 10 nitrogen and oxygen atoms in total. The third kappa shape index (κ3) is 4.67. The van der Waals surface area contributed by atoms with E-state index in [9.17, 15) is 14.9 Å². The summed E-state index contributed by atoms with van der Waals surface area (Å²) in [6, 6.07) is 17.4. The molecule has 1 amide bonds. The molecule has 0 saturated carbocycles. The van der Waals surface area contributed by atoms with E-state index in [1.165, 1.54) is 19.2 Å². The molecule has 5 rings (SSSR count). The number of nitro groups is 1. The van der Waals surface area contributed by atoms with E-state index in [1.54, 1.807) is 66.2 Å². The van der Waals surface area contributed by atoms with Crippen LogP contribution in [-0.4, -0.2) is 32.7 Å². The molecule has 0 aliphatic carbocycles. The number of benzene rings is 3. The Morgan fingerprint density at radius 1 is 1.11 bits per heavy atom. The van der Waals surface area contributed by atoms with Gasteiger partial charge in [0.15, 0.2) is 5.82 Å². The van der Waals surface area contributed by atoms with Gasteiger partial charge in [0.05, 0.1) is 33.3 Å². The zero-order chi connectivity index (χ0) is 27.0. The lowest BCUT2D eigenvalue weighted by Gasteiger charge is -2.29. The molecule has 1 atom stereocenters. The van der Waals surface area contributed by atoms with E-state index in [2.05, 4.69) is 20.7 Å². The minimum absolute atomic E-state index is 0.0876. The molecule has 2 heterocycles. The van der Waals surface area contributed by atoms with E-state index in [4.69, 9.17) is 27.9 Å². The number of nitrogens with zero attached hydrogens (tertiary/aromatic N) is 4. The van der Waals surface area contributed by atoms with Gasteiger partial charge in [0.25, 0.3) is 11.6 Å². The topological polar surface area (TPSA) is 124 Å². The summed E-state index contributed by atoms with van der Waals surface area (Å²) in [5, 5.41) is 22.7. The summed E-state index contributed by atoms with van der Waals surface area (Å²) in [6.45, 7) is 1.76. The number of halogens is 2. The molecular weight excluding hydrogens is 531 g/mol. The van der Waals surface area contributed by atoms with Crippen molar-refractivity contribution in [3.63, 3.8) is 0 Å². The standard InChI is InChI=1S/C26H20Cl2N6O4/c1-14-22(25(35)30-20-8-3-4-9-21(20)38-2)23(15-10-11-18(27)19(28)13-15)33-26(29-14)31-24(32-33)16-6-5-7-17(12-16)34(36)37/h3-13,23H,1-2H3,(H,30,35)(H,29,31,32). The van der Waals surface area contributed by atoms with E-state index in [0.29, 0.717) is 49.8 Å². The molecule has 3 aromatic carbocycles. The van der Waals surface area contributed by atoms with Crippen molar-refractivity contribution in [3.05, 3.63) is 104 Å². The summed E-state index contributed by atoms with van der Waals surface area (Å²) in [7, 11) is 1.52. The number of carbonyl (C=O) groups excluding carboxylic acids is 1. The van der Waals surface area contributed by atoms with E-state index >= 15 is 0 Å². The molecule has 1 aromatic heterocycles. The Balaban J connectivity index is 1.62. The molecule has 0 saturated heterocycles. The van der Waals surface area contributed by atoms with Crippen molar-refractivity contribution in [3.8, 4) is 17.1 Å². The molecule has 2 N–H and O–H groups in total. The Morgan fingerprint density at radius 3 is 2.63 bits per heavy atom. The number of nitrogens with one attached hydrogen (secondary N) is 2. The molecule has 0 radical (unpaired) electrons. The molecule has 38 heavy (non-hydrogen) atoms. The average Bonchev–Trinajstić information content (AvgIpc) is 3.33. The smallest absolute Gasteiger partial charge is 0.270 e. The number of methoxy groups -OCH3 is 1. The fraction of sp³-hybridized carbons (Fsp3) is 0.115. The van der Waals surface area contributed by atoms with Crippen LogP contribution in [0.2, 0.25) is 10.0 Å². The Labute approximate surface area is 227 Å². The van der Waals surface area contributed by atoms with Gasteiger partial charge in [-0.3, -0.25) is 14.9 Å². The Morgan fingerprint density at radius 2 is 1.89 bits per heavy atom. The van der Waals surface area contributed by atoms with Gasteiger partial charge in [-0.2, -0.15) is 4.98 Å². The van der Waals surface area contributed by atoms with Crippen LogP contribution in [0.5, 0.6) is 5.75 Å². The number of aromatic nitrogens is 3. The molecule has 0 spiro atoms. The third-order valence-electron chi connectivity index (χ3n) is 6.03. The number of hydrogen-bond donors (Lipinski definition) is 2. The van der Waals surface area contributed by atoms with Crippen molar-refractivity contribution in [1.82, 2.24) is 14.8 Å². The number of carbonyl (C=O) groups is 1. The highest BCUT2D eigenvalue weighted by molar-refractivity contribution is 6.42. The van der Waals surface area contributed by atoms with E-state index in [0.717, 1.165) is 0 Å². The summed E-state index contributed by atoms with van der Waals surface area (Å²) in [4.78, 5) is 29.1. The number of hydrogen-bond acceptors (Lipinski definition) is 7. The van der Waals surface area contributed by atoms with Gasteiger partial charge in [-0.15, -0.1) is 5.10 Å². The summed E-state index contributed by atoms with van der Waals surface area (Å²) in [5.41, 5.74) is 2.40. The van der Waals surface area contributed by atoms with Gasteiger partial charge < -0.3 is 15.4 Å². The molecule has 4 aromatic rings. The maximum atomic E-state index is 13.7. The highest BCUT2D eigenvalue weighted by atomic mass is 35.5. The number of allylic oxidation sites excluding steroid dienone is 1. The fourth-order valence-corrected chi connectivity index (χ4v) is 4.56. The predicted molar refractivity (Wildman–Crippen MR) is 145 cm³/mol. The minimum atomic E-state index is -0.740. The first-order valence-electron chi connectivity index (χ1n) is 11.3. The van der Waals surface area contributed by atoms with Crippen molar-refractivity contribution >= 4 is 46.4 Å². The fourth-order valence-electron chi connectivity index (χ4n) is 4.25. The Bertz CT molecular complexity index is 1620. The maximum Gasteiger partial charge on any atom is 0.270 e. The first-order chi connectivity index (χ1) is 18.3. The maximum absolute atomic E-state index is 13.7. The lowest BCUT2D eigenvalue weighted by Crippen LogP contribution is -2.31. The molecular formula is C26H20Cl2N6O4. The summed E-state index contributed by atoms with van der Waals surface area (Å²) in [5.74, 6) is 0.714. The van der Waals surface area contributed by atoms with Crippen molar-refractivity contribution in [2.75, 3.05) is 17.7 Å². The number of anilines is 2. The number of fused-ring (bicyclic) bond motifs is 1. The lowest BCUT2D eigenvalue weighted by molar-refractivity contribution is -0.384. The van der Waals surface area contributed by atoms with Crippen LogP contribution in [0.25, 0.3) is 11.4 Å². The Hall–Kier alpha value is -4.41. The molecule has 0 fully saturated rings. The van der Waals surface area contributed by atoms with Crippen LogP contribution in [-0.2, 0) is 4.79 Å². The predicted octanol–water partition coefficient (Wildman–Crippen LogP) is 6.10. The van der Waals surface area contributed by atoms with E-state index in [1.807, 2.05) is 0 Å². The molecule has 12 heteroatoms. The number of nitro benzene ring substituents is 1. The van der Waals surface area contributed by atoms with Gasteiger partial charge in [-0.05, 0) is 36.8 Å². The number of rotatable bonds is 6. The molecule has 0 bridgehead atoms. The zero-order valence-corrected chi connectivity index (χ0v) is 21.6. The third-order valence-corrected chi connectivity index (χ3v) is 6.77. The van der Waals surface area contributed by atoms with Crippen molar-refractivity contribution < 1.29 is 14.5 Å². The monoisotopic (exact) mass is 550 g/mol. The highest BCUT2D eigenvalue weighted by Gasteiger charge is 2.35. The lowest BCUT2D eigenvalue weighted by atomic mass is 9.95. The van der Waals surface area contributed by atoms with Gasteiger partial charge in [0.2, 0.25) is 5.95 Å². The zero-order valence-electron chi connectivity index (χ0n) is 20.1. The number of para-hydroxylation sites is 2. The van der Waals surface area contributed by atoms with Gasteiger partial charge in [-0.1, -0.05) is 53.5 Å². The SMILES string of the molecule is COc1ccccc1NC(=O)C1=C(C)Nc2nc(-c3cccc([N+](=O)[O-])c3)nn2C1c1ccc(Cl)c(Cl)c1. The number of amides is 1. The van der Waals surface area contributed by atoms with Gasteiger partial charge in [0, 0.05) is 23.4 Å².